The maximum Gasteiger partial charge on any atom is 0.277 e. The van der Waals surface area contributed by atoms with Crippen LogP contribution in [-0.4, -0.2) is 33.8 Å². The van der Waals surface area contributed by atoms with Gasteiger partial charge in [0.15, 0.2) is 0 Å². The van der Waals surface area contributed by atoms with E-state index in [1.165, 1.54) is 4.90 Å². The fourth-order valence-corrected chi connectivity index (χ4v) is 3.78. The largest absolute Gasteiger partial charge is 0.411 e. The van der Waals surface area contributed by atoms with Gasteiger partial charge in [0, 0.05) is 10.6 Å². The number of carbonyl (C=O) groups is 2. The van der Waals surface area contributed by atoms with Crippen LogP contribution in [0.15, 0.2) is 58.2 Å². The number of rotatable bonds is 4. The minimum Gasteiger partial charge on any atom is -0.411 e. The van der Waals surface area contributed by atoms with E-state index in [1.54, 1.807) is 43.3 Å². The van der Waals surface area contributed by atoms with Gasteiger partial charge in [0.05, 0.1) is 16.6 Å². The molecular formula is C19H15ClN4O3S. The van der Waals surface area contributed by atoms with Crippen molar-refractivity contribution in [2.45, 2.75) is 17.4 Å². The topological polar surface area (TPSA) is 88.3 Å². The lowest BCUT2D eigenvalue weighted by Crippen LogP contribution is -2.45. The summed E-state index contributed by atoms with van der Waals surface area (Å²) < 4.78 is 5.66. The van der Waals surface area contributed by atoms with Crippen molar-refractivity contribution in [3.63, 3.8) is 0 Å². The monoisotopic (exact) mass is 414 g/mol. The Labute approximate surface area is 170 Å². The first-order valence-electron chi connectivity index (χ1n) is 8.47. The zero-order valence-corrected chi connectivity index (χ0v) is 16.3. The average Bonchev–Trinajstić information content (AvgIpc) is 3.15. The smallest absolute Gasteiger partial charge is 0.277 e. The van der Waals surface area contributed by atoms with Gasteiger partial charge in [-0.25, -0.2) is 0 Å². The van der Waals surface area contributed by atoms with Crippen LogP contribution in [0, 0.1) is 0 Å². The Kier molecular flexibility index (Phi) is 5.06. The van der Waals surface area contributed by atoms with Crippen LogP contribution >= 0.6 is 23.4 Å². The highest BCUT2D eigenvalue weighted by atomic mass is 35.5. The highest BCUT2D eigenvalue weighted by Gasteiger charge is 2.31. The summed E-state index contributed by atoms with van der Waals surface area (Å²) in [5, 5.41) is 11.1. The third-order valence-corrected chi connectivity index (χ3v) is 5.30. The SMILES string of the molecule is C[C@@H](Sc1nnc(-c2cccc(Cl)c2)o1)C(=O)N1CC(=O)Nc2ccccc21. The first kappa shape index (κ1) is 18.5. The summed E-state index contributed by atoms with van der Waals surface area (Å²) in [4.78, 5) is 26.4. The lowest BCUT2D eigenvalue weighted by atomic mass is 10.2. The standard InChI is InChI=1S/C19H15ClN4O3S/c1-11(18(26)24-10-16(25)21-14-7-2-3-8-15(14)24)28-19-23-22-17(27-19)12-5-4-6-13(20)9-12/h2-9,11H,10H2,1H3,(H,21,25)/t11-/m1/s1. The molecule has 0 aliphatic carbocycles. The summed E-state index contributed by atoms with van der Waals surface area (Å²) in [6.07, 6.45) is 0. The molecule has 0 unspecified atom stereocenters. The first-order chi connectivity index (χ1) is 13.5. The number of para-hydroxylation sites is 2. The van der Waals surface area contributed by atoms with Gasteiger partial charge < -0.3 is 9.73 Å². The Bertz CT molecular complexity index is 1050. The molecule has 1 aliphatic rings. The number of halogens is 1. The molecule has 0 bridgehead atoms. The molecule has 1 aliphatic heterocycles. The number of thioether (sulfide) groups is 1. The summed E-state index contributed by atoms with van der Waals surface area (Å²) in [5.41, 5.74) is 1.99. The number of anilines is 2. The minimum atomic E-state index is -0.522. The Morgan fingerprint density at radius 3 is 2.89 bits per heavy atom. The lowest BCUT2D eigenvalue weighted by Gasteiger charge is -2.30. The maximum atomic E-state index is 12.9. The van der Waals surface area contributed by atoms with Gasteiger partial charge in [-0.2, -0.15) is 0 Å². The van der Waals surface area contributed by atoms with E-state index in [1.807, 2.05) is 12.1 Å². The molecule has 0 fully saturated rings. The fraction of sp³-hybridized carbons (Fsp3) is 0.158. The molecule has 7 nitrogen and oxygen atoms in total. The van der Waals surface area contributed by atoms with E-state index in [2.05, 4.69) is 15.5 Å². The quantitative estimate of drug-likeness (QED) is 0.652. The van der Waals surface area contributed by atoms with Crippen molar-refractivity contribution in [3.05, 3.63) is 53.6 Å². The summed E-state index contributed by atoms with van der Waals surface area (Å²) in [6.45, 7) is 1.71. The van der Waals surface area contributed by atoms with Crippen molar-refractivity contribution in [3.8, 4) is 11.5 Å². The lowest BCUT2D eigenvalue weighted by molar-refractivity contribution is -0.121. The van der Waals surface area contributed by atoms with Gasteiger partial charge in [0.25, 0.3) is 5.22 Å². The molecule has 0 saturated carbocycles. The molecule has 2 heterocycles. The number of amides is 2. The molecule has 1 N–H and O–H groups in total. The summed E-state index contributed by atoms with van der Waals surface area (Å²) in [5.74, 6) is -0.118. The van der Waals surface area contributed by atoms with Gasteiger partial charge in [-0.15, -0.1) is 10.2 Å². The number of aromatic nitrogens is 2. The van der Waals surface area contributed by atoms with Crippen LogP contribution in [0.5, 0.6) is 0 Å². The van der Waals surface area contributed by atoms with E-state index < -0.39 is 5.25 Å². The van der Waals surface area contributed by atoms with E-state index in [4.69, 9.17) is 16.0 Å². The highest BCUT2D eigenvalue weighted by Crippen LogP contribution is 2.33. The predicted molar refractivity (Wildman–Crippen MR) is 107 cm³/mol. The van der Waals surface area contributed by atoms with Crippen LogP contribution in [0.2, 0.25) is 5.02 Å². The fourth-order valence-electron chi connectivity index (χ4n) is 2.85. The second-order valence-corrected chi connectivity index (χ2v) is 7.86. The Hall–Kier alpha value is -2.84. The molecule has 1 aromatic heterocycles. The van der Waals surface area contributed by atoms with Crippen LogP contribution in [0.3, 0.4) is 0 Å². The normalized spacial score (nSPS) is 14.4. The third kappa shape index (κ3) is 3.74. The molecule has 3 aromatic rings. The number of nitrogens with zero attached hydrogens (tertiary/aromatic N) is 3. The van der Waals surface area contributed by atoms with Crippen LogP contribution in [-0.2, 0) is 9.59 Å². The van der Waals surface area contributed by atoms with Crippen molar-refractivity contribution in [2.24, 2.45) is 0 Å². The Balaban J connectivity index is 1.51. The summed E-state index contributed by atoms with van der Waals surface area (Å²) >= 11 is 7.13. The number of benzene rings is 2. The van der Waals surface area contributed by atoms with E-state index >= 15 is 0 Å². The number of fused-ring (bicyclic) bond motifs is 1. The van der Waals surface area contributed by atoms with Gasteiger partial charge in [-0.1, -0.05) is 41.6 Å². The summed E-state index contributed by atoms with van der Waals surface area (Å²) in [7, 11) is 0. The Morgan fingerprint density at radius 2 is 2.07 bits per heavy atom. The molecule has 28 heavy (non-hydrogen) atoms. The second kappa shape index (κ2) is 7.65. The van der Waals surface area contributed by atoms with Gasteiger partial charge in [-0.05, 0) is 37.3 Å². The van der Waals surface area contributed by atoms with Crippen molar-refractivity contribution < 1.29 is 14.0 Å². The summed E-state index contributed by atoms with van der Waals surface area (Å²) in [6, 6.07) is 14.3. The number of carbonyl (C=O) groups excluding carboxylic acids is 2. The van der Waals surface area contributed by atoms with Gasteiger partial charge in [-0.3, -0.25) is 14.5 Å². The molecule has 4 rings (SSSR count). The number of nitrogens with one attached hydrogen (secondary N) is 1. The zero-order chi connectivity index (χ0) is 19.7. The molecule has 0 saturated heterocycles. The van der Waals surface area contributed by atoms with Crippen molar-refractivity contribution in [1.29, 1.82) is 0 Å². The molecule has 142 valence electrons. The van der Waals surface area contributed by atoms with Crippen LogP contribution in [0.1, 0.15) is 6.92 Å². The predicted octanol–water partition coefficient (Wildman–Crippen LogP) is 3.86. The number of hydrogen-bond acceptors (Lipinski definition) is 6. The second-order valence-electron chi connectivity index (χ2n) is 6.13. The molecule has 9 heteroatoms. The van der Waals surface area contributed by atoms with Crippen molar-refractivity contribution >= 4 is 46.6 Å². The van der Waals surface area contributed by atoms with Crippen LogP contribution in [0.25, 0.3) is 11.5 Å². The molecule has 0 spiro atoms. The van der Waals surface area contributed by atoms with Crippen molar-refractivity contribution in [1.82, 2.24) is 10.2 Å². The molecule has 0 radical (unpaired) electrons. The molecule has 1 atom stereocenters. The van der Waals surface area contributed by atoms with E-state index in [9.17, 15) is 9.59 Å². The van der Waals surface area contributed by atoms with Crippen LogP contribution < -0.4 is 10.2 Å². The minimum absolute atomic E-state index is 0.0294. The van der Waals surface area contributed by atoms with E-state index in [0.717, 1.165) is 11.8 Å². The Morgan fingerprint density at radius 1 is 1.25 bits per heavy atom. The maximum absolute atomic E-state index is 12.9. The molecule has 2 aromatic carbocycles. The third-order valence-electron chi connectivity index (χ3n) is 4.14. The zero-order valence-electron chi connectivity index (χ0n) is 14.8. The molecule has 2 amide bonds. The van der Waals surface area contributed by atoms with Gasteiger partial charge in [0.1, 0.15) is 6.54 Å². The van der Waals surface area contributed by atoms with E-state index in [-0.39, 0.29) is 23.6 Å². The van der Waals surface area contributed by atoms with Crippen LogP contribution in [0.4, 0.5) is 11.4 Å². The molecular weight excluding hydrogens is 400 g/mol. The van der Waals surface area contributed by atoms with Crippen molar-refractivity contribution in [2.75, 3.05) is 16.8 Å². The number of hydrogen-bond donors (Lipinski definition) is 1. The van der Waals surface area contributed by atoms with Gasteiger partial charge in [0.2, 0.25) is 17.7 Å². The first-order valence-corrected chi connectivity index (χ1v) is 9.73. The average molecular weight is 415 g/mol. The van der Waals surface area contributed by atoms with E-state index in [0.29, 0.717) is 27.9 Å². The highest BCUT2D eigenvalue weighted by molar-refractivity contribution is 8.00. The van der Waals surface area contributed by atoms with Gasteiger partial charge >= 0.3 is 0 Å².